The molecule has 1 atom stereocenters. The Hall–Kier alpha value is -3.75. The molecule has 9 heteroatoms. The van der Waals surface area contributed by atoms with Crippen LogP contribution in [0.3, 0.4) is 0 Å². The standard InChI is InChI=1S/C28H26F5NO3/c1-27(2,31)19-11-10-18(20(15-19)28(3,32)33)13-16-6-4-7-17(12-16)14-23(26(36)37)34-25(35)24-21(29)8-5-9-22(24)30/h4-12,15,23H,13-14H2,1-3H3,(H,34,35)(H,36,37). The SMILES string of the molecule is CC(C)(F)c1ccc(Cc2cccc(CC(NC(=O)c3c(F)cccc3F)C(=O)O)c2)c(C(C)(F)F)c1. The molecule has 1 unspecified atom stereocenters. The maximum atomic E-state index is 14.4. The zero-order valence-electron chi connectivity index (χ0n) is 20.4. The number of carbonyl (C=O) groups is 2. The Morgan fingerprint density at radius 2 is 1.49 bits per heavy atom. The molecule has 37 heavy (non-hydrogen) atoms. The van der Waals surface area contributed by atoms with Crippen LogP contribution in [0.15, 0.2) is 60.7 Å². The number of carboxylic acids is 1. The summed E-state index contributed by atoms with van der Waals surface area (Å²) in [7, 11) is 0. The molecule has 0 aliphatic heterocycles. The molecule has 0 saturated carbocycles. The summed E-state index contributed by atoms with van der Waals surface area (Å²) in [5.41, 5.74) is -1.60. The summed E-state index contributed by atoms with van der Waals surface area (Å²) in [6.45, 7) is 3.29. The second kappa shape index (κ2) is 10.7. The van der Waals surface area contributed by atoms with Gasteiger partial charge in [-0.05, 0) is 60.7 Å². The minimum atomic E-state index is -3.23. The lowest BCUT2D eigenvalue weighted by Gasteiger charge is -2.21. The highest BCUT2D eigenvalue weighted by atomic mass is 19.3. The van der Waals surface area contributed by atoms with E-state index in [0.29, 0.717) is 11.1 Å². The zero-order valence-corrected chi connectivity index (χ0v) is 20.4. The van der Waals surface area contributed by atoms with Gasteiger partial charge in [-0.15, -0.1) is 0 Å². The van der Waals surface area contributed by atoms with Crippen molar-refractivity contribution in [3.05, 3.63) is 106 Å². The number of halogens is 5. The summed E-state index contributed by atoms with van der Waals surface area (Å²) in [5, 5.41) is 11.7. The third kappa shape index (κ3) is 6.93. The second-order valence-electron chi connectivity index (χ2n) is 9.39. The number of hydrogen-bond acceptors (Lipinski definition) is 2. The van der Waals surface area contributed by atoms with E-state index in [1.54, 1.807) is 24.3 Å². The molecule has 0 aliphatic carbocycles. The molecule has 4 nitrogen and oxygen atoms in total. The Bertz CT molecular complexity index is 1290. The molecule has 0 saturated heterocycles. The predicted molar refractivity (Wildman–Crippen MR) is 128 cm³/mol. The van der Waals surface area contributed by atoms with E-state index in [-0.39, 0.29) is 29.5 Å². The van der Waals surface area contributed by atoms with Gasteiger partial charge in [-0.2, -0.15) is 0 Å². The fraction of sp³-hybridized carbons (Fsp3) is 0.286. The van der Waals surface area contributed by atoms with Gasteiger partial charge in [0.1, 0.15) is 28.9 Å². The Morgan fingerprint density at radius 3 is 2.05 bits per heavy atom. The quantitative estimate of drug-likeness (QED) is 0.326. The van der Waals surface area contributed by atoms with Crippen molar-refractivity contribution in [1.82, 2.24) is 5.32 Å². The normalized spacial score (nSPS) is 12.8. The van der Waals surface area contributed by atoms with Gasteiger partial charge in [0.15, 0.2) is 0 Å². The van der Waals surface area contributed by atoms with Crippen LogP contribution in [0.5, 0.6) is 0 Å². The predicted octanol–water partition coefficient (Wildman–Crippen LogP) is 6.30. The van der Waals surface area contributed by atoms with Crippen molar-refractivity contribution in [3.8, 4) is 0 Å². The Balaban J connectivity index is 1.84. The van der Waals surface area contributed by atoms with Crippen molar-refractivity contribution in [2.24, 2.45) is 0 Å². The molecular weight excluding hydrogens is 493 g/mol. The number of rotatable bonds is 9. The number of amides is 1. The van der Waals surface area contributed by atoms with E-state index in [1.165, 1.54) is 26.0 Å². The zero-order chi connectivity index (χ0) is 27.5. The third-order valence-corrected chi connectivity index (χ3v) is 5.89. The summed E-state index contributed by atoms with van der Waals surface area (Å²) in [6, 6.07) is 11.8. The van der Waals surface area contributed by atoms with Crippen LogP contribution in [0, 0.1) is 11.6 Å². The first-order chi connectivity index (χ1) is 17.2. The number of hydrogen-bond donors (Lipinski definition) is 2. The molecule has 2 N–H and O–H groups in total. The van der Waals surface area contributed by atoms with Gasteiger partial charge < -0.3 is 10.4 Å². The van der Waals surface area contributed by atoms with E-state index in [2.05, 4.69) is 5.32 Å². The third-order valence-electron chi connectivity index (χ3n) is 5.89. The van der Waals surface area contributed by atoms with Gasteiger partial charge in [-0.3, -0.25) is 4.79 Å². The van der Waals surface area contributed by atoms with Crippen LogP contribution >= 0.6 is 0 Å². The van der Waals surface area contributed by atoms with Gasteiger partial charge in [0.2, 0.25) is 0 Å². The number of aliphatic carboxylic acids is 1. The highest BCUT2D eigenvalue weighted by Gasteiger charge is 2.30. The first kappa shape index (κ1) is 27.8. The molecule has 0 fully saturated rings. The molecule has 0 radical (unpaired) electrons. The van der Waals surface area contributed by atoms with Crippen LogP contribution in [-0.2, 0) is 29.2 Å². The lowest BCUT2D eigenvalue weighted by Crippen LogP contribution is -2.43. The minimum Gasteiger partial charge on any atom is -0.480 e. The van der Waals surface area contributed by atoms with E-state index in [0.717, 1.165) is 31.2 Å². The average Bonchev–Trinajstić information content (AvgIpc) is 2.77. The fourth-order valence-corrected chi connectivity index (χ4v) is 3.98. The van der Waals surface area contributed by atoms with E-state index >= 15 is 0 Å². The van der Waals surface area contributed by atoms with E-state index in [4.69, 9.17) is 0 Å². The van der Waals surface area contributed by atoms with E-state index in [1.807, 2.05) is 0 Å². The van der Waals surface area contributed by atoms with Gasteiger partial charge in [-0.1, -0.05) is 42.5 Å². The highest BCUT2D eigenvalue weighted by molar-refractivity contribution is 5.97. The average molecular weight is 520 g/mol. The number of nitrogens with one attached hydrogen (secondary N) is 1. The largest absolute Gasteiger partial charge is 0.480 e. The Kier molecular flexibility index (Phi) is 8.05. The van der Waals surface area contributed by atoms with Gasteiger partial charge in [0, 0.05) is 18.9 Å². The molecule has 3 aromatic rings. The molecule has 0 spiro atoms. The molecule has 3 rings (SSSR count). The molecule has 0 heterocycles. The van der Waals surface area contributed by atoms with Crippen molar-refractivity contribution in [3.63, 3.8) is 0 Å². The van der Waals surface area contributed by atoms with Crippen LogP contribution in [0.2, 0.25) is 0 Å². The molecular formula is C28H26F5NO3. The van der Waals surface area contributed by atoms with Crippen LogP contribution < -0.4 is 5.32 Å². The summed E-state index contributed by atoms with van der Waals surface area (Å²) >= 11 is 0. The van der Waals surface area contributed by atoms with Crippen molar-refractivity contribution in [2.75, 3.05) is 0 Å². The second-order valence-corrected chi connectivity index (χ2v) is 9.39. The maximum absolute atomic E-state index is 14.4. The smallest absolute Gasteiger partial charge is 0.326 e. The number of carboxylic acid groups (broad SMARTS) is 1. The number of carbonyl (C=O) groups excluding carboxylic acids is 1. The summed E-state index contributed by atoms with van der Waals surface area (Å²) < 4.78 is 70.9. The minimum absolute atomic E-state index is 0.0597. The van der Waals surface area contributed by atoms with Gasteiger partial charge in [-0.25, -0.2) is 26.7 Å². The Labute approximate surface area is 211 Å². The van der Waals surface area contributed by atoms with Crippen LogP contribution in [0.4, 0.5) is 22.0 Å². The van der Waals surface area contributed by atoms with Crippen molar-refractivity contribution in [2.45, 2.75) is 51.2 Å². The molecule has 0 bridgehead atoms. The van der Waals surface area contributed by atoms with Crippen molar-refractivity contribution in [1.29, 1.82) is 0 Å². The molecule has 196 valence electrons. The van der Waals surface area contributed by atoms with Crippen molar-refractivity contribution < 1.29 is 36.6 Å². The summed E-state index contributed by atoms with van der Waals surface area (Å²) in [6.07, 6.45) is -0.166. The fourth-order valence-electron chi connectivity index (χ4n) is 3.98. The highest BCUT2D eigenvalue weighted by Crippen LogP contribution is 2.35. The van der Waals surface area contributed by atoms with Crippen LogP contribution in [-0.4, -0.2) is 23.0 Å². The van der Waals surface area contributed by atoms with Crippen LogP contribution in [0.1, 0.15) is 58.9 Å². The Morgan fingerprint density at radius 1 is 0.892 bits per heavy atom. The van der Waals surface area contributed by atoms with E-state index < -0.39 is 46.7 Å². The van der Waals surface area contributed by atoms with Gasteiger partial charge in [0.25, 0.3) is 11.8 Å². The van der Waals surface area contributed by atoms with Gasteiger partial charge >= 0.3 is 5.97 Å². The lowest BCUT2D eigenvalue weighted by molar-refractivity contribution is -0.139. The van der Waals surface area contributed by atoms with Crippen LogP contribution in [0.25, 0.3) is 0 Å². The maximum Gasteiger partial charge on any atom is 0.326 e. The first-order valence-corrected chi connectivity index (χ1v) is 11.4. The summed E-state index contributed by atoms with van der Waals surface area (Å²) in [4.78, 5) is 24.1. The molecule has 0 aliphatic rings. The first-order valence-electron chi connectivity index (χ1n) is 11.4. The topological polar surface area (TPSA) is 66.4 Å². The number of benzene rings is 3. The van der Waals surface area contributed by atoms with E-state index in [9.17, 15) is 36.6 Å². The number of alkyl halides is 3. The van der Waals surface area contributed by atoms with Gasteiger partial charge in [0.05, 0.1) is 0 Å². The molecule has 1 amide bonds. The molecule has 0 aromatic heterocycles. The molecule has 3 aromatic carbocycles. The monoisotopic (exact) mass is 519 g/mol. The van der Waals surface area contributed by atoms with Crippen molar-refractivity contribution >= 4 is 11.9 Å². The summed E-state index contributed by atoms with van der Waals surface area (Å²) in [5.74, 6) is -8.13. The lowest BCUT2D eigenvalue weighted by atomic mass is 9.90.